The van der Waals surface area contributed by atoms with Crippen LogP contribution in [0.25, 0.3) is 0 Å². The number of amides is 1. The second-order valence-corrected chi connectivity index (χ2v) is 15.1. The highest BCUT2D eigenvalue weighted by Gasteiger charge is 2.44. The van der Waals surface area contributed by atoms with Crippen molar-refractivity contribution in [3.63, 3.8) is 0 Å². The fourth-order valence-electron chi connectivity index (χ4n) is 6.45. The van der Waals surface area contributed by atoms with Crippen molar-refractivity contribution < 1.29 is 51.5 Å². The van der Waals surface area contributed by atoms with Crippen LogP contribution >= 0.6 is 0 Å². The molecule has 3 fully saturated rings. The van der Waals surface area contributed by atoms with Crippen LogP contribution in [0.3, 0.4) is 0 Å². The van der Waals surface area contributed by atoms with Crippen LogP contribution in [0.2, 0.25) is 0 Å². The zero-order chi connectivity index (χ0) is 34.4. The van der Waals surface area contributed by atoms with Crippen molar-refractivity contribution >= 4 is 16.1 Å². The number of ether oxygens (including phenoxy) is 7. The maximum Gasteiger partial charge on any atom is 0.407 e. The van der Waals surface area contributed by atoms with Gasteiger partial charge >= 0.3 is 6.09 Å². The molecule has 0 saturated carbocycles. The molecule has 0 radical (unpaired) electrons. The second-order valence-electron chi connectivity index (χ2n) is 13.2. The summed E-state index contributed by atoms with van der Waals surface area (Å²) in [5.74, 6) is 1.40. The molecule has 14 nitrogen and oxygen atoms in total. The van der Waals surface area contributed by atoms with Gasteiger partial charge in [-0.05, 0) is 48.6 Å². The van der Waals surface area contributed by atoms with E-state index in [1.54, 1.807) is 6.07 Å². The quantitative estimate of drug-likeness (QED) is 0.279. The Bertz CT molecular complexity index is 1500. The summed E-state index contributed by atoms with van der Waals surface area (Å²) in [6.45, 7) is 9.01. The molecule has 270 valence electrons. The first-order valence-corrected chi connectivity index (χ1v) is 18.4. The van der Waals surface area contributed by atoms with E-state index in [9.17, 15) is 18.3 Å². The van der Waals surface area contributed by atoms with Crippen LogP contribution in [0.4, 0.5) is 4.79 Å². The van der Waals surface area contributed by atoms with Gasteiger partial charge in [0.2, 0.25) is 16.8 Å². The van der Waals surface area contributed by atoms with E-state index in [0.717, 1.165) is 44.8 Å². The van der Waals surface area contributed by atoms with Crippen LogP contribution in [0.1, 0.15) is 25.8 Å². The lowest BCUT2D eigenvalue weighted by Gasteiger charge is -2.31. The molecule has 15 heteroatoms. The smallest absolute Gasteiger partial charge is 0.407 e. The van der Waals surface area contributed by atoms with Crippen molar-refractivity contribution in [2.45, 2.75) is 56.1 Å². The van der Waals surface area contributed by atoms with Gasteiger partial charge in [-0.1, -0.05) is 26.0 Å². The van der Waals surface area contributed by atoms with Crippen LogP contribution in [0.15, 0.2) is 47.4 Å². The van der Waals surface area contributed by atoms with Crippen molar-refractivity contribution in [3.05, 3.63) is 48.0 Å². The van der Waals surface area contributed by atoms with Gasteiger partial charge in [-0.3, -0.25) is 4.90 Å². The van der Waals surface area contributed by atoms with E-state index < -0.39 is 34.4 Å². The highest BCUT2D eigenvalue weighted by molar-refractivity contribution is 7.89. The molecule has 5 atom stereocenters. The highest BCUT2D eigenvalue weighted by Crippen LogP contribution is 2.35. The van der Waals surface area contributed by atoms with E-state index in [1.165, 1.54) is 16.4 Å². The molecule has 0 aliphatic carbocycles. The SMILES string of the molecule is CC(C)CN(C[C@@H](O)[C@H](Cc1ccc(OCCN2CCOCC2)cc1)NC(=O)O[C@H]1CO[C@H]2OCC[C@H]21)S(=O)(=O)c1ccc2c(c1)OCO2. The number of benzene rings is 2. The molecule has 6 rings (SSSR count). The second kappa shape index (κ2) is 16.2. The average molecular weight is 706 g/mol. The molecular formula is C34H47N3O11S. The molecule has 0 unspecified atom stereocenters. The standard InChI is InChI=1S/C34H47N3O11S/c1-23(2)19-37(49(40,41)26-7-8-30-31(18-26)47-22-46-30)20-29(38)28(35-34(39)48-32-21-45-33-27(32)9-13-44-33)17-24-3-5-25(6-4-24)43-16-12-36-10-14-42-15-11-36/h3-8,18,23,27-29,32-33,38H,9-17,19-22H2,1-2H3,(H,35,39)/t27-,28-,29+,32-,33+/m0/s1. The van der Waals surface area contributed by atoms with Crippen LogP contribution in [0.5, 0.6) is 17.2 Å². The molecule has 0 aromatic heterocycles. The molecule has 49 heavy (non-hydrogen) atoms. The van der Waals surface area contributed by atoms with Crippen molar-refractivity contribution in [3.8, 4) is 17.2 Å². The van der Waals surface area contributed by atoms with E-state index >= 15 is 0 Å². The molecule has 2 aromatic carbocycles. The molecule has 2 N–H and O–H groups in total. The highest BCUT2D eigenvalue weighted by atomic mass is 32.2. The molecule has 3 saturated heterocycles. The van der Waals surface area contributed by atoms with Crippen molar-refractivity contribution in [1.29, 1.82) is 0 Å². The molecule has 0 bridgehead atoms. The average Bonchev–Trinajstić information content (AvgIpc) is 3.84. The van der Waals surface area contributed by atoms with E-state index in [1.807, 2.05) is 38.1 Å². The number of aliphatic hydroxyl groups is 1. The van der Waals surface area contributed by atoms with Crippen LogP contribution in [-0.2, 0) is 35.4 Å². The van der Waals surface area contributed by atoms with E-state index in [0.29, 0.717) is 30.5 Å². The number of aliphatic hydroxyl groups excluding tert-OH is 1. The third kappa shape index (κ3) is 9.14. The fourth-order valence-corrected chi connectivity index (χ4v) is 8.08. The third-order valence-electron chi connectivity index (χ3n) is 9.11. The zero-order valence-electron chi connectivity index (χ0n) is 28.0. The summed E-state index contributed by atoms with van der Waals surface area (Å²) < 4.78 is 68.1. The number of carbonyl (C=O) groups excluding carboxylic acids is 1. The molecule has 4 aliphatic rings. The Morgan fingerprint density at radius 2 is 1.82 bits per heavy atom. The third-order valence-corrected chi connectivity index (χ3v) is 10.9. The molecule has 4 aliphatic heterocycles. The maximum absolute atomic E-state index is 13.9. The van der Waals surface area contributed by atoms with E-state index in [2.05, 4.69) is 10.2 Å². The van der Waals surface area contributed by atoms with Crippen LogP contribution in [-0.4, -0.2) is 126 Å². The number of nitrogens with one attached hydrogen (secondary N) is 1. The lowest BCUT2D eigenvalue weighted by Crippen LogP contribution is -2.51. The minimum Gasteiger partial charge on any atom is -0.492 e. The van der Waals surface area contributed by atoms with Crippen LogP contribution < -0.4 is 19.5 Å². The van der Waals surface area contributed by atoms with Crippen LogP contribution in [0, 0.1) is 11.8 Å². The van der Waals surface area contributed by atoms with E-state index in [-0.39, 0.29) is 55.9 Å². The molecular weight excluding hydrogens is 658 g/mol. The summed E-state index contributed by atoms with van der Waals surface area (Å²) >= 11 is 0. The van der Waals surface area contributed by atoms with Gasteiger partial charge in [-0.25, -0.2) is 13.2 Å². The van der Waals surface area contributed by atoms with Gasteiger partial charge < -0.3 is 43.6 Å². The van der Waals surface area contributed by atoms with Crippen molar-refractivity contribution in [2.75, 3.05) is 72.6 Å². The predicted molar refractivity (Wildman–Crippen MR) is 176 cm³/mol. The minimum atomic E-state index is -4.06. The van der Waals surface area contributed by atoms with Gasteiger partial charge in [0, 0.05) is 38.8 Å². The van der Waals surface area contributed by atoms with Crippen molar-refractivity contribution in [2.24, 2.45) is 11.8 Å². The number of morpholine rings is 1. The normalized spacial score (nSPS) is 23.4. The number of sulfonamides is 1. The lowest BCUT2D eigenvalue weighted by molar-refractivity contribution is -0.0907. The summed E-state index contributed by atoms with van der Waals surface area (Å²) in [7, 11) is -4.06. The number of alkyl carbamates (subject to hydrolysis) is 1. The first kappa shape index (κ1) is 35.6. The minimum absolute atomic E-state index is 0.0135. The predicted octanol–water partition coefficient (Wildman–Crippen LogP) is 2.23. The van der Waals surface area contributed by atoms with Gasteiger partial charge in [0.25, 0.3) is 0 Å². The Kier molecular flexibility index (Phi) is 11.8. The summed E-state index contributed by atoms with van der Waals surface area (Å²) in [6, 6.07) is 11.0. The molecule has 4 heterocycles. The summed E-state index contributed by atoms with van der Waals surface area (Å²) in [5, 5.41) is 14.5. The molecule has 0 spiro atoms. The topological polar surface area (TPSA) is 155 Å². The Hall–Kier alpha value is -3.18. The number of hydrogen-bond donors (Lipinski definition) is 2. The van der Waals surface area contributed by atoms with E-state index in [4.69, 9.17) is 33.2 Å². The summed E-state index contributed by atoms with van der Waals surface area (Å²) in [6.07, 6.45) is -1.95. The lowest BCUT2D eigenvalue weighted by atomic mass is 10.0. The van der Waals surface area contributed by atoms with Crippen molar-refractivity contribution in [1.82, 2.24) is 14.5 Å². The molecule has 2 aromatic rings. The fraction of sp³-hybridized carbons (Fsp3) is 0.618. The van der Waals surface area contributed by atoms with Gasteiger partial charge in [0.15, 0.2) is 17.8 Å². The van der Waals surface area contributed by atoms with Gasteiger partial charge in [0.1, 0.15) is 18.5 Å². The molecule has 1 amide bonds. The number of rotatable bonds is 15. The zero-order valence-corrected chi connectivity index (χ0v) is 28.8. The summed E-state index contributed by atoms with van der Waals surface area (Å²) in [5.41, 5.74) is 0.812. The maximum atomic E-state index is 13.9. The largest absolute Gasteiger partial charge is 0.492 e. The monoisotopic (exact) mass is 705 g/mol. The Morgan fingerprint density at radius 3 is 2.59 bits per heavy atom. The first-order chi connectivity index (χ1) is 23.7. The number of fused-ring (bicyclic) bond motifs is 2. The first-order valence-electron chi connectivity index (χ1n) is 17.0. The summed E-state index contributed by atoms with van der Waals surface area (Å²) in [4.78, 5) is 15.6. The Labute approximate surface area is 287 Å². The number of nitrogens with zero attached hydrogens (tertiary/aromatic N) is 2. The number of carbonyl (C=O) groups is 1. The van der Waals surface area contributed by atoms with Gasteiger partial charge in [-0.2, -0.15) is 4.31 Å². The number of hydrogen-bond acceptors (Lipinski definition) is 12. The Morgan fingerprint density at radius 1 is 1.04 bits per heavy atom. The van der Waals surface area contributed by atoms with Gasteiger partial charge in [-0.15, -0.1) is 0 Å². The Balaban J connectivity index is 1.15. The van der Waals surface area contributed by atoms with Gasteiger partial charge in [0.05, 0.1) is 49.4 Å².